The van der Waals surface area contributed by atoms with E-state index in [4.69, 9.17) is 9.47 Å². The van der Waals surface area contributed by atoms with Crippen LogP contribution in [0.4, 0.5) is 5.69 Å². The lowest BCUT2D eigenvalue weighted by molar-refractivity contribution is 0.171. The number of rotatable bonds is 2. The van der Waals surface area contributed by atoms with E-state index in [1.165, 1.54) is 6.42 Å². The third kappa shape index (κ3) is 2.60. The first-order valence-corrected chi connectivity index (χ1v) is 6.92. The molecule has 1 N–H and O–H groups in total. The van der Waals surface area contributed by atoms with Crippen LogP contribution in [0, 0.1) is 17.2 Å². The minimum atomic E-state index is 0.113. The molecule has 0 bridgehead atoms. The molecule has 100 valence electrons. The fourth-order valence-electron chi connectivity index (χ4n) is 2.81. The second-order valence-electron chi connectivity index (χ2n) is 5.13. The standard InChI is InChI=1S/C15H18N2O2/c16-10-11-3-1-2-4-13(11)17-12-5-6-14-15(9-12)19-8-7-18-14/h5-6,9,11,13,17H,1-4,7-8H2. The Hall–Kier alpha value is -1.89. The Morgan fingerprint density at radius 2 is 1.89 bits per heavy atom. The van der Waals surface area contributed by atoms with E-state index >= 15 is 0 Å². The minimum absolute atomic E-state index is 0.113. The first kappa shape index (κ1) is 12.2. The number of ether oxygens (including phenoxy) is 2. The van der Waals surface area contributed by atoms with Crippen molar-refractivity contribution in [2.45, 2.75) is 31.7 Å². The molecule has 1 aromatic rings. The van der Waals surface area contributed by atoms with Gasteiger partial charge in [0, 0.05) is 17.8 Å². The van der Waals surface area contributed by atoms with E-state index in [1.54, 1.807) is 0 Å². The van der Waals surface area contributed by atoms with Crippen molar-refractivity contribution in [3.05, 3.63) is 18.2 Å². The number of hydrogen-bond donors (Lipinski definition) is 1. The minimum Gasteiger partial charge on any atom is -0.486 e. The summed E-state index contributed by atoms with van der Waals surface area (Å²) in [5.41, 5.74) is 1.01. The smallest absolute Gasteiger partial charge is 0.163 e. The number of benzene rings is 1. The molecule has 1 heterocycles. The van der Waals surface area contributed by atoms with Gasteiger partial charge < -0.3 is 14.8 Å². The molecule has 1 aromatic carbocycles. The van der Waals surface area contributed by atoms with Gasteiger partial charge in [-0.15, -0.1) is 0 Å². The van der Waals surface area contributed by atoms with Crippen LogP contribution < -0.4 is 14.8 Å². The lowest BCUT2D eigenvalue weighted by Crippen LogP contribution is -2.31. The van der Waals surface area contributed by atoms with Gasteiger partial charge in [-0.05, 0) is 25.0 Å². The zero-order chi connectivity index (χ0) is 13.1. The highest BCUT2D eigenvalue weighted by Gasteiger charge is 2.25. The second-order valence-corrected chi connectivity index (χ2v) is 5.13. The molecular weight excluding hydrogens is 240 g/mol. The van der Waals surface area contributed by atoms with Crippen LogP contribution in [0.15, 0.2) is 18.2 Å². The van der Waals surface area contributed by atoms with Crippen LogP contribution >= 0.6 is 0 Å². The monoisotopic (exact) mass is 258 g/mol. The second kappa shape index (κ2) is 5.40. The van der Waals surface area contributed by atoms with Crippen LogP contribution in [0.5, 0.6) is 11.5 Å². The van der Waals surface area contributed by atoms with E-state index in [1.807, 2.05) is 18.2 Å². The predicted molar refractivity (Wildman–Crippen MR) is 72.4 cm³/mol. The molecule has 4 heteroatoms. The SMILES string of the molecule is N#CC1CCCCC1Nc1ccc2c(c1)OCCO2. The number of fused-ring (bicyclic) bond motifs is 1. The molecule has 2 aliphatic rings. The number of nitrogens with zero attached hydrogens (tertiary/aromatic N) is 1. The normalized spacial score (nSPS) is 25.4. The third-order valence-electron chi connectivity index (χ3n) is 3.83. The highest BCUT2D eigenvalue weighted by molar-refractivity contribution is 5.55. The van der Waals surface area contributed by atoms with Crippen LogP contribution in [0.1, 0.15) is 25.7 Å². The topological polar surface area (TPSA) is 54.3 Å². The molecule has 0 amide bonds. The maximum atomic E-state index is 9.20. The van der Waals surface area contributed by atoms with Gasteiger partial charge in [-0.1, -0.05) is 12.8 Å². The molecule has 0 aromatic heterocycles. The molecule has 0 saturated heterocycles. The van der Waals surface area contributed by atoms with E-state index in [0.717, 1.165) is 36.4 Å². The van der Waals surface area contributed by atoms with Crippen LogP contribution in [0.2, 0.25) is 0 Å². The van der Waals surface area contributed by atoms with E-state index in [-0.39, 0.29) is 12.0 Å². The lowest BCUT2D eigenvalue weighted by Gasteiger charge is -2.29. The van der Waals surface area contributed by atoms with E-state index < -0.39 is 0 Å². The number of hydrogen-bond acceptors (Lipinski definition) is 4. The summed E-state index contributed by atoms with van der Waals surface area (Å²) in [6.07, 6.45) is 4.42. The Morgan fingerprint density at radius 3 is 2.74 bits per heavy atom. The summed E-state index contributed by atoms with van der Waals surface area (Å²) in [6, 6.07) is 8.57. The molecule has 4 nitrogen and oxygen atoms in total. The average molecular weight is 258 g/mol. The van der Waals surface area contributed by atoms with Gasteiger partial charge in [0.1, 0.15) is 13.2 Å². The zero-order valence-corrected chi connectivity index (χ0v) is 10.9. The largest absolute Gasteiger partial charge is 0.486 e. The van der Waals surface area contributed by atoms with Gasteiger partial charge in [-0.25, -0.2) is 0 Å². The Kier molecular flexibility index (Phi) is 3.45. The summed E-state index contributed by atoms with van der Waals surface area (Å²) in [7, 11) is 0. The van der Waals surface area contributed by atoms with E-state index in [0.29, 0.717) is 13.2 Å². The third-order valence-corrected chi connectivity index (χ3v) is 3.83. The first-order chi connectivity index (χ1) is 9.36. The van der Waals surface area contributed by atoms with Crippen molar-refractivity contribution in [2.24, 2.45) is 5.92 Å². The number of nitriles is 1. The molecule has 1 aliphatic carbocycles. The van der Waals surface area contributed by atoms with Gasteiger partial charge in [-0.3, -0.25) is 0 Å². The summed E-state index contributed by atoms with van der Waals surface area (Å²) in [5.74, 6) is 1.71. The van der Waals surface area contributed by atoms with Crippen LogP contribution in [-0.2, 0) is 0 Å². The number of anilines is 1. The Balaban J connectivity index is 1.74. The van der Waals surface area contributed by atoms with Crippen molar-refractivity contribution in [3.8, 4) is 17.6 Å². The van der Waals surface area contributed by atoms with Gasteiger partial charge in [-0.2, -0.15) is 5.26 Å². The molecule has 1 aliphatic heterocycles. The maximum Gasteiger partial charge on any atom is 0.163 e. The van der Waals surface area contributed by atoms with Gasteiger partial charge in [0.25, 0.3) is 0 Å². The van der Waals surface area contributed by atoms with Crippen LogP contribution in [-0.4, -0.2) is 19.3 Å². The van der Waals surface area contributed by atoms with Crippen LogP contribution in [0.3, 0.4) is 0 Å². The van der Waals surface area contributed by atoms with Crippen molar-refractivity contribution >= 4 is 5.69 Å². The molecule has 2 atom stereocenters. The zero-order valence-electron chi connectivity index (χ0n) is 10.9. The van der Waals surface area contributed by atoms with Gasteiger partial charge >= 0.3 is 0 Å². The fourth-order valence-corrected chi connectivity index (χ4v) is 2.81. The Morgan fingerprint density at radius 1 is 1.11 bits per heavy atom. The summed E-state index contributed by atoms with van der Waals surface area (Å²) in [4.78, 5) is 0. The van der Waals surface area contributed by atoms with Gasteiger partial charge in [0.15, 0.2) is 11.5 Å². The Labute approximate surface area is 113 Å². The fraction of sp³-hybridized carbons (Fsp3) is 0.533. The molecular formula is C15H18N2O2. The van der Waals surface area contributed by atoms with Crippen molar-refractivity contribution in [3.63, 3.8) is 0 Å². The highest BCUT2D eigenvalue weighted by atomic mass is 16.6. The van der Waals surface area contributed by atoms with Crippen molar-refractivity contribution in [2.75, 3.05) is 18.5 Å². The van der Waals surface area contributed by atoms with Crippen LogP contribution in [0.25, 0.3) is 0 Å². The molecule has 19 heavy (non-hydrogen) atoms. The van der Waals surface area contributed by atoms with Gasteiger partial charge in [0.05, 0.1) is 12.0 Å². The maximum absolute atomic E-state index is 9.20. The predicted octanol–water partition coefficient (Wildman–Crippen LogP) is 2.95. The van der Waals surface area contributed by atoms with Crippen molar-refractivity contribution in [1.82, 2.24) is 0 Å². The molecule has 0 radical (unpaired) electrons. The molecule has 0 spiro atoms. The van der Waals surface area contributed by atoms with Gasteiger partial charge in [0.2, 0.25) is 0 Å². The van der Waals surface area contributed by atoms with E-state index in [9.17, 15) is 5.26 Å². The molecule has 1 saturated carbocycles. The first-order valence-electron chi connectivity index (χ1n) is 6.92. The van der Waals surface area contributed by atoms with Crippen molar-refractivity contribution < 1.29 is 9.47 Å². The molecule has 3 rings (SSSR count). The number of nitrogens with one attached hydrogen (secondary N) is 1. The summed E-state index contributed by atoms with van der Waals surface area (Å²) < 4.78 is 11.1. The van der Waals surface area contributed by atoms with E-state index in [2.05, 4.69) is 11.4 Å². The summed E-state index contributed by atoms with van der Waals surface area (Å²) >= 11 is 0. The molecule has 2 unspecified atom stereocenters. The quantitative estimate of drug-likeness (QED) is 0.886. The highest BCUT2D eigenvalue weighted by Crippen LogP contribution is 2.34. The van der Waals surface area contributed by atoms with Crippen molar-refractivity contribution in [1.29, 1.82) is 5.26 Å². The molecule has 1 fully saturated rings. The average Bonchev–Trinajstić information content (AvgIpc) is 2.48. The lowest BCUT2D eigenvalue weighted by atomic mass is 9.85. The summed E-state index contributed by atoms with van der Waals surface area (Å²) in [5, 5.41) is 12.7. The summed E-state index contributed by atoms with van der Waals surface area (Å²) in [6.45, 7) is 1.21. The Bertz CT molecular complexity index is 495.